The SMILES string of the molecule is COc1ccc(Nc2cc(C)nc(NCCNS(=O)(=O)Cc3cccc(C)c3)n2)cc1. The van der Waals surface area contributed by atoms with E-state index in [1.165, 1.54) is 0 Å². The molecule has 0 radical (unpaired) electrons. The summed E-state index contributed by atoms with van der Waals surface area (Å²) in [5, 5.41) is 6.29. The molecule has 0 aliphatic heterocycles. The molecule has 31 heavy (non-hydrogen) atoms. The minimum Gasteiger partial charge on any atom is -0.497 e. The molecule has 2 aromatic carbocycles. The molecule has 9 heteroatoms. The van der Waals surface area contributed by atoms with Gasteiger partial charge in [0.25, 0.3) is 0 Å². The standard InChI is InChI=1S/C22H27N5O3S/c1-16-5-4-6-18(13-16)15-31(28,29)24-12-11-23-22-25-17(2)14-21(27-22)26-19-7-9-20(30-3)10-8-19/h4-10,13-14,24H,11-12,15H2,1-3H3,(H2,23,25,26,27). The normalized spacial score (nSPS) is 11.2. The second-order valence-electron chi connectivity index (χ2n) is 7.14. The van der Waals surface area contributed by atoms with Crippen LogP contribution in [-0.2, 0) is 15.8 Å². The molecule has 1 heterocycles. The monoisotopic (exact) mass is 441 g/mol. The van der Waals surface area contributed by atoms with E-state index < -0.39 is 10.0 Å². The van der Waals surface area contributed by atoms with Crippen LogP contribution in [0.2, 0.25) is 0 Å². The fourth-order valence-corrected chi connectivity index (χ4v) is 4.12. The van der Waals surface area contributed by atoms with E-state index in [1.54, 1.807) is 7.11 Å². The van der Waals surface area contributed by atoms with Gasteiger partial charge >= 0.3 is 0 Å². The van der Waals surface area contributed by atoms with E-state index in [1.807, 2.05) is 68.4 Å². The highest BCUT2D eigenvalue weighted by atomic mass is 32.2. The highest BCUT2D eigenvalue weighted by Gasteiger charge is 2.11. The summed E-state index contributed by atoms with van der Waals surface area (Å²) < 4.78 is 32.3. The van der Waals surface area contributed by atoms with E-state index in [9.17, 15) is 8.42 Å². The molecule has 0 spiro atoms. The molecule has 0 amide bonds. The van der Waals surface area contributed by atoms with E-state index in [0.29, 0.717) is 18.3 Å². The Morgan fingerprint density at radius 1 is 0.968 bits per heavy atom. The predicted molar refractivity (Wildman–Crippen MR) is 123 cm³/mol. The molecule has 3 aromatic rings. The number of hydrogen-bond donors (Lipinski definition) is 3. The highest BCUT2D eigenvalue weighted by molar-refractivity contribution is 7.88. The highest BCUT2D eigenvalue weighted by Crippen LogP contribution is 2.20. The number of ether oxygens (including phenoxy) is 1. The molecule has 1 aromatic heterocycles. The van der Waals surface area contributed by atoms with Crippen LogP contribution < -0.4 is 20.1 Å². The Kier molecular flexibility index (Phi) is 7.43. The number of hydrogen-bond acceptors (Lipinski definition) is 7. The summed E-state index contributed by atoms with van der Waals surface area (Å²) in [6, 6.07) is 16.8. The van der Waals surface area contributed by atoms with Crippen molar-refractivity contribution < 1.29 is 13.2 Å². The summed E-state index contributed by atoms with van der Waals surface area (Å²) in [4.78, 5) is 8.80. The number of nitrogens with one attached hydrogen (secondary N) is 3. The second-order valence-corrected chi connectivity index (χ2v) is 8.95. The Bertz CT molecular complexity index is 1120. The van der Waals surface area contributed by atoms with Crippen LogP contribution in [0.15, 0.2) is 54.6 Å². The maximum absolute atomic E-state index is 12.3. The van der Waals surface area contributed by atoms with Crippen molar-refractivity contribution in [2.45, 2.75) is 19.6 Å². The number of anilines is 3. The molecule has 0 saturated carbocycles. The van der Waals surface area contributed by atoms with Crippen molar-refractivity contribution in [2.24, 2.45) is 0 Å². The lowest BCUT2D eigenvalue weighted by molar-refractivity contribution is 0.415. The third-order valence-electron chi connectivity index (χ3n) is 4.39. The molecular formula is C22H27N5O3S. The van der Waals surface area contributed by atoms with E-state index in [4.69, 9.17) is 4.74 Å². The van der Waals surface area contributed by atoms with Crippen molar-refractivity contribution in [3.05, 3.63) is 71.4 Å². The zero-order valence-electron chi connectivity index (χ0n) is 17.8. The zero-order valence-corrected chi connectivity index (χ0v) is 18.7. The molecule has 8 nitrogen and oxygen atoms in total. The number of sulfonamides is 1. The lowest BCUT2D eigenvalue weighted by atomic mass is 10.2. The maximum atomic E-state index is 12.3. The molecular weight excluding hydrogens is 414 g/mol. The molecule has 0 fully saturated rings. The predicted octanol–water partition coefficient (Wildman–Crippen LogP) is 3.38. The van der Waals surface area contributed by atoms with Crippen LogP contribution >= 0.6 is 0 Å². The Labute approximate surface area is 183 Å². The molecule has 3 N–H and O–H groups in total. The van der Waals surface area contributed by atoms with Gasteiger partial charge < -0.3 is 15.4 Å². The van der Waals surface area contributed by atoms with Gasteiger partial charge in [0.05, 0.1) is 12.9 Å². The molecule has 0 aliphatic rings. The molecule has 0 atom stereocenters. The smallest absolute Gasteiger partial charge is 0.224 e. The molecule has 3 rings (SSSR count). The summed E-state index contributed by atoms with van der Waals surface area (Å²) >= 11 is 0. The lowest BCUT2D eigenvalue weighted by Gasteiger charge is -2.11. The van der Waals surface area contributed by atoms with E-state index in [0.717, 1.165) is 28.3 Å². The van der Waals surface area contributed by atoms with Crippen molar-refractivity contribution in [1.82, 2.24) is 14.7 Å². The first-order valence-corrected chi connectivity index (χ1v) is 11.5. The number of methoxy groups -OCH3 is 1. The van der Waals surface area contributed by atoms with Crippen LogP contribution in [0.5, 0.6) is 5.75 Å². The van der Waals surface area contributed by atoms with Crippen LogP contribution in [0, 0.1) is 13.8 Å². The third-order valence-corrected chi connectivity index (χ3v) is 5.74. The molecule has 0 saturated heterocycles. The molecule has 0 unspecified atom stereocenters. The van der Waals surface area contributed by atoms with Gasteiger partial charge in [0, 0.05) is 30.5 Å². The topological polar surface area (TPSA) is 105 Å². The molecule has 164 valence electrons. The van der Waals surface area contributed by atoms with Crippen LogP contribution in [0.25, 0.3) is 0 Å². The Hall–Kier alpha value is -3.17. The molecule has 0 aliphatic carbocycles. The van der Waals surface area contributed by atoms with E-state index in [-0.39, 0.29) is 12.3 Å². The largest absolute Gasteiger partial charge is 0.497 e. The first kappa shape index (κ1) is 22.5. The number of benzene rings is 2. The number of nitrogens with zero attached hydrogens (tertiary/aromatic N) is 2. The minimum absolute atomic E-state index is 0.0500. The van der Waals surface area contributed by atoms with Gasteiger partial charge in [-0.1, -0.05) is 29.8 Å². The van der Waals surface area contributed by atoms with Gasteiger partial charge in [-0.2, -0.15) is 4.98 Å². The van der Waals surface area contributed by atoms with Gasteiger partial charge in [-0.3, -0.25) is 0 Å². The summed E-state index contributed by atoms with van der Waals surface area (Å²) in [6.07, 6.45) is 0. The van der Waals surface area contributed by atoms with Gasteiger partial charge in [-0.15, -0.1) is 0 Å². The Morgan fingerprint density at radius 2 is 1.74 bits per heavy atom. The summed E-state index contributed by atoms with van der Waals surface area (Å²) in [7, 11) is -1.80. The maximum Gasteiger partial charge on any atom is 0.224 e. The van der Waals surface area contributed by atoms with Crippen molar-refractivity contribution in [3.63, 3.8) is 0 Å². The van der Waals surface area contributed by atoms with Crippen LogP contribution in [0.3, 0.4) is 0 Å². The zero-order chi connectivity index (χ0) is 22.3. The Balaban J connectivity index is 1.53. The first-order valence-electron chi connectivity index (χ1n) is 9.86. The first-order chi connectivity index (χ1) is 14.8. The lowest BCUT2D eigenvalue weighted by Crippen LogP contribution is -2.30. The van der Waals surface area contributed by atoms with Crippen LogP contribution in [0.1, 0.15) is 16.8 Å². The van der Waals surface area contributed by atoms with Crippen molar-refractivity contribution in [3.8, 4) is 5.75 Å². The fraction of sp³-hybridized carbons (Fsp3) is 0.273. The summed E-state index contributed by atoms with van der Waals surface area (Å²) in [5.41, 5.74) is 3.45. The van der Waals surface area contributed by atoms with Crippen molar-refractivity contribution in [2.75, 3.05) is 30.8 Å². The second kappa shape index (κ2) is 10.2. The summed E-state index contributed by atoms with van der Waals surface area (Å²) in [6.45, 7) is 4.40. The fourth-order valence-electron chi connectivity index (χ4n) is 2.99. The van der Waals surface area contributed by atoms with Gasteiger partial charge in [0.1, 0.15) is 11.6 Å². The number of rotatable bonds is 10. The van der Waals surface area contributed by atoms with Gasteiger partial charge in [-0.05, 0) is 43.7 Å². The quantitative estimate of drug-likeness (QED) is 0.414. The van der Waals surface area contributed by atoms with Gasteiger partial charge in [0.15, 0.2) is 0 Å². The van der Waals surface area contributed by atoms with Crippen molar-refractivity contribution in [1.29, 1.82) is 0 Å². The van der Waals surface area contributed by atoms with Crippen molar-refractivity contribution >= 4 is 27.5 Å². The number of aryl methyl sites for hydroxylation is 2. The average molecular weight is 442 g/mol. The third kappa shape index (κ3) is 7.23. The number of aromatic nitrogens is 2. The van der Waals surface area contributed by atoms with Gasteiger partial charge in [-0.25, -0.2) is 18.1 Å². The summed E-state index contributed by atoms with van der Waals surface area (Å²) in [5.74, 6) is 1.79. The minimum atomic E-state index is -3.42. The van der Waals surface area contributed by atoms with E-state index in [2.05, 4.69) is 25.3 Å². The Morgan fingerprint density at radius 3 is 2.45 bits per heavy atom. The van der Waals surface area contributed by atoms with E-state index >= 15 is 0 Å². The van der Waals surface area contributed by atoms with Gasteiger partial charge in [0.2, 0.25) is 16.0 Å². The average Bonchev–Trinajstić information content (AvgIpc) is 2.71. The molecule has 0 bridgehead atoms. The van der Waals surface area contributed by atoms with Crippen LogP contribution in [-0.4, -0.2) is 38.6 Å². The van der Waals surface area contributed by atoms with Crippen LogP contribution in [0.4, 0.5) is 17.5 Å².